The summed E-state index contributed by atoms with van der Waals surface area (Å²) in [6.45, 7) is 2.26. The van der Waals surface area contributed by atoms with Gasteiger partial charge in [-0.2, -0.15) is 0 Å². The number of nitrogens with zero attached hydrogens (tertiary/aromatic N) is 2. The van der Waals surface area contributed by atoms with Gasteiger partial charge in [0.25, 0.3) is 0 Å². The van der Waals surface area contributed by atoms with Crippen LogP contribution in [0.2, 0.25) is 0 Å². The number of piperidine rings is 1. The van der Waals surface area contributed by atoms with E-state index < -0.39 is 0 Å². The van der Waals surface area contributed by atoms with Crippen LogP contribution in [-0.4, -0.2) is 68.4 Å². The topological polar surface area (TPSA) is 42.0 Å². The zero-order chi connectivity index (χ0) is 12.5. The maximum absolute atomic E-state index is 11.8. The Morgan fingerprint density at radius 3 is 2.53 bits per heavy atom. The highest BCUT2D eigenvalue weighted by Crippen LogP contribution is 2.36. The third kappa shape index (κ3) is 2.55. The summed E-state index contributed by atoms with van der Waals surface area (Å²) in [5, 5.41) is 0. The Hall–Kier alpha value is -0.810. The van der Waals surface area contributed by atoms with Gasteiger partial charge in [0.2, 0.25) is 0 Å². The molecule has 0 bridgehead atoms. The first-order valence-corrected chi connectivity index (χ1v) is 6.19. The van der Waals surface area contributed by atoms with Crippen LogP contribution in [0.4, 0.5) is 4.79 Å². The van der Waals surface area contributed by atoms with E-state index in [2.05, 4.69) is 0 Å². The molecule has 0 aromatic rings. The van der Waals surface area contributed by atoms with Crippen LogP contribution < -0.4 is 0 Å². The van der Waals surface area contributed by atoms with Crippen LogP contribution in [0.15, 0.2) is 0 Å². The largest absolute Gasteiger partial charge is 0.379 e. The number of rotatable bonds is 1. The van der Waals surface area contributed by atoms with Gasteiger partial charge < -0.3 is 19.3 Å². The first-order chi connectivity index (χ1) is 8.06. The summed E-state index contributed by atoms with van der Waals surface area (Å²) in [5.41, 5.74) is -0.0379. The number of hydrogen-bond acceptors (Lipinski definition) is 3. The molecule has 2 aliphatic rings. The van der Waals surface area contributed by atoms with Crippen molar-refractivity contribution in [2.24, 2.45) is 0 Å². The molecule has 0 aromatic carbocycles. The van der Waals surface area contributed by atoms with E-state index in [9.17, 15) is 4.79 Å². The Morgan fingerprint density at radius 1 is 1.41 bits per heavy atom. The monoisotopic (exact) mass is 242 g/mol. The lowest BCUT2D eigenvalue weighted by Gasteiger charge is -2.39. The molecular formula is C12H22N2O3. The number of ether oxygens (including phenoxy) is 2. The van der Waals surface area contributed by atoms with Crippen LogP contribution in [0, 0.1) is 0 Å². The number of carbonyl (C=O) groups is 1. The van der Waals surface area contributed by atoms with Crippen LogP contribution in [0.25, 0.3) is 0 Å². The van der Waals surface area contributed by atoms with Gasteiger partial charge in [0, 0.05) is 40.7 Å². The second-order valence-corrected chi connectivity index (χ2v) is 5.22. The molecule has 2 amide bonds. The third-order valence-corrected chi connectivity index (χ3v) is 3.84. The second kappa shape index (κ2) is 4.82. The van der Waals surface area contributed by atoms with Gasteiger partial charge >= 0.3 is 6.03 Å². The molecule has 0 N–H and O–H groups in total. The molecule has 98 valence electrons. The summed E-state index contributed by atoms with van der Waals surface area (Å²) in [7, 11) is 5.32. The molecule has 5 nitrogen and oxygen atoms in total. The molecular weight excluding hydrogens is 220 g/mol. The van der Waals surface area contributed by atoms with Gasteiger partial charge in [-0.15, -0.1) is 0 Å². The summed E-state index contributed by atoms with van der Waals surface area (Å²) in [6, 6.07) is 0.0983. The molecule has 0 aliphatic carbocycles. The zero-order valence-electron chi connectivity index (χ0n) is 10.9. The van der Waals surface area contributed by atoms with Crippen molar-refractivity contribution in [3.8, 4) is 0 Å². The maximum Gasteiger partial charge on any atom is 0.319 e. The SMILES string of the molecule is COC1COC2(CCN(C(=O)N(C)C)CC2)C1. The van der Waals surface area contributed by atoms with Crippen molar-refractivity contribution < 1.29 is 14.3 Å². The van der Waals surface area contributed by atoms with Crippen molar-refractivity contribution in [2.45, 2.75) is 31.0 Å². The fourth-order valence-electron chi connectivity index (χ4n) is 2.69. The van der Waals surface area contributed by atoms with Crippen molar-refractivity contribution in [3.63, 3.8) is 0 Å². The highest BCUT2D eigenvalue weighted by molar-refractivity contribution is 5.73. The number of carbonyl (C=O) groups excluding carboxylic acids is 1. The van der Waals surface area contributed by atoms with Crippen molar-refractivity contribution >= 4 is 6.03 Å². The lowest BCUT2D eigenvalue weighted by atomic mass is 9.88. The Bertz CT molecular complexity index is 285. The lowest BCUT2D eigenvalue weighted by molar-refractivity contribution is -0.0391. The molecule has 5 heteroatoms. The summed E-state index contributed by atoms with van der Waals surface area (Å²) in [6.07, 6.45) is 3.04. The van der Waals surface area contributed by atoms with Crippen molar-refractivity contribution in [2.75, 3.05) is 40.9 Å². The molecule has 2 heterocycles. The van der Waals surface area contributed by atoms with Gasteiger partial charge in [0.15, 0.2) is 0 Å². The van der Waals surface area contributed by atoms with Crippen LogP contribution in [-0.2, 0) is 9.47 Å². The molecule has 1 atom stereocenters. The molecule has 2 aliphatic heterocycles. The summed E-state index contributed by atoms with van der Waals surface area (Å²) < 4.78 is 11.2. The summed E-state index contributed by atoms with van der Waals surface area (Å²) in [5.74, 6) is 0. The normalized spacial score (nSPS) is 27.5. The fraction of sp³-hybridized carbons (Fsp3) is 0.917. The van der Waals surface area contributed by atoms with Gasteiger partial charge in [0.05, 0.1) is 18.3 Å². The predicted molar refractivity (Wildman–Crippen MR) is 64.0 cm³/mol. The average molecular weight is 242 g/mol. The minimum atomic E-state index is -0.0379. The molecule has 2 fully saturated rings. The predicted octanol–water partition coefficient (Wildman–Crippen LogP) is 0.938. The van der Waals surface area contributed by atoms with Crippen LogP contribution >= 0.6 is 0 Å². The summed E-state index contributed by atoms with van der Waals surface area (Å²) >= 11 is 0. The number of amides is 2. The average Bonchev–Trinajstić information content (AvgIpc) is 2.73. The number of methoxy groups -OCH3 is 1. The van der Waals surface area contributed by atoms with Crippen LogP contribution in [0.5, 0.6) is 0 Å². The van der Waals surface area contributed by atoms with E-state index in [1.165, 1.54) is 0 Å². The molecule has 1 unspecified atom stereocenters. The second-order valence-electron chi connectivity index (χ2n) is 5.22. The molecule has 1 spiro atoms. The van der Waals surface area contributed by atoms with E-state index >= 15 is 0 Å². The Morgan fingerprint density at radius 2 is 2.06 bits per heavy atom. The lowest BCUT2D eigenvalue weighted by Crippen LogP contribution is -2.49. The van der Waals surface area contributed by atoms with E-state index in [0.717, 1.165) is 32.4 Å². The van der Waals surface area contributed by atoms with E-state index in [1.54, 1.807) is 26.1 Å². The first-order valence-electron chi connectivity index (χ1n) is 6.19. The van der Waals surface area contributed by atoms with E-state index in [-0.39, 0.29) is 17.7 Å². The molecule has 0 saturated carbocycles. The smallest absolute Gasteiger partial charge is 0.319 e. The summed E-state index contributed by atoms with van der Waals surface area (Å²) in [4.78, 5) is 15.3. The third-order valence-electron chi connectivity index (χ3n) is 3.84. The highest BCUT2D eigenvalue weighted by atomic mass is 16.6. The highest BCUT2D eigenvalue weighted by Gasteiger charge is 2.43. The van der Waals surface area contributed by atoms with Crippen LogP contribution in [0.1, 0.15) is 19.3 Å². The first kappa shape index (κ1) is 12.6. The molecule has 0 radical (unpaired) electrons. The fourth-order valence-corrected chi connectivity index (χ4v) is 2.69. The van der Waals surface area contributed by atoms with Gasteiger partial charge in [-0.05, 0) is 12.8 Å². The molecule has 0 aromatic heterocycles. The number of urea groups is 1. The molecule has 17 heavy (non-hydrogen) atoms. The Balaban J connectivity index is 1.88. The molecule has 2 saturated heterocycles. The number of hydrogen-bond donors (Lipinski definition) is 0. The minimum Gasteiger partial charge on any atom is -0.379 e. The minimum absolute atomic E-state index is 0.0379. The van der Waals surface area contributed by atoms with Crippen molar-refractivity contribution in [3.05, 3.63) is 0 Å². The maximum atomic E-state index is 11.8. The van der Waals surface area contributed by atoms with Crippen LogP contribution in [0.3, 0.4) is 0 Å². The molecule has 2 rings (SSSR count). The standard InChI is InChI=1S/C12H22N2O3/c1-13(2)11(15)14-6-4-12(5-7-14)8-10(16-3)9-17-12/h10H,4-9H2,1-3H3. The Kier molecular flexibility index (Phi) is 3.58. The van der Waals surface area contributed by atoms with Gasteiger partial charge in [0.1, 0.15) is 0 Å². The van der Waals surface area contributed by atoms with Crippen molar-refractivity contribution in [1.82, 2.24) is 9.80 Å². The Labute approximate surface area is 103 Å². The zero-order valence-corrected chi connectivity index (χ0v) is 10.9. The quantitative estimate of drug-likeness (QED) is 0.687. The van der Waals surface area contributed by atoms with E-state index in [0.29, 0.717) is 6.61 Å². The van der Waals surface area contributed by atoms with Gasteiger partial charge in [-0.25, -0.2) is 4.79 Å². The van der Waals surface area contributed by atoms with E-state index in [1.807, 2.05) is 4.90 Å². The van der Waals surface area contributed by atoms with Gasteiger partial charge in [-0.3, -0.25) is 0 Å². The van der Waals surface area contributed by atoms with Crippen molar-refractivity contribution in [1.29, 1.82) is 0 Å². The van der Waals surface area contributed by atoms with E-state index in [4.69, 9.17) is 9.47 Å². The van der Waals surface area contributed by atoms with Gasteiger partial charge in [-0.1, -0.05) is 0 Å². The number of likely N-dealkylation sites (tertiary alicyclic amines) is 1.